The van der Waals surface area contributed by atoms with Crippen LogP contribution in [0.15, 0.2) is 59.4 Å². The molecule has 4 rings (SSSR count). The molecule has 0 radical (unpaired) electrons. The monoisotopic (exact) mass is 412 g/mol. The van der Waals surface area contributed by atoms with Crippen LogP contribution in [-0.4, -0.2) is 29.3 Å². The number of aromatic nitrogens is 3. The third kappa shape index (κ3) is 4.65. The second-order valence-corrected chi connectivity index (χ2v) is 9.26. The van der Waals surface area contributed by atoms with Crippen molar-refractivity contribution in [1.29, 1.82) is 0 Å². The van der Waals surface area contributed by atoms with Gasteiger partial charge in [-0.3, -0.25) is 0 Å². The van der Waals surface area contributed by atoms with Gasteiger partial charge >= 0.3 is 5.69 Å². The van der Waals surface area contributed by atoms with Gasteiger partial charge in [0.2, 0.25) is 10.0 Å². The molecule has 0 aliphatic heterocycles. The van der Waals surface area contributed by atoms with Crippen LogP contribution in [0.3, 0.4) is 0 Å². The van der Waals surface area contributed by atoms with E-state index in [2.05, 4.69) is 9.82 Å². The Bertz CT molecular complexity index is 1160. The van der Waals surface area contributed by atoms with Crippen LogP contribution in [0.1, 0.15) is 35.7 Å². The first-order valence-electron chi connectivity index (χ1n) is 9.71. The van der Waals surface area contributed by atoms with Gasteiger partial charge in [0, 0.05) is 12.5 Å². The van der Waals surface area contributed by atoms with Crippen LogP contribution >= 0.6 is 0 Å². The SMILES string of the molecule is Cc1cccc(CS(=O)(=O)NCCn2nc(C3CC3)n(-c3ccccc3)c2=O)c1. The smallest absolute Gasteiger partial charge is 0.247 e. The molecule has 2 aromatic carbocycles. The zero-order chi connectivity index (χ0) is 20.4. The van der Waals surface area contributed by atoms with Crippen LogP contribution in [0.25, 0.3) is 5.69 Å². The molecule has 0 unspecified atom stereocenters. The van der Waals surface area contributed by atoms with Crippen molar-refractivity contribution in [2.45, 2.75) is 38.0 Å². The number of rotatable bonds is 8. The summed E-state index contributed by atoms with van der Waals surface area (Å²) in [5.41, 5.74) is 2.30. The molecule has 0 spiro atoms. The van der Waals surface area contributed by atoms with E-state index in [4.69, 9.17) is 0 Å². The molecule has 1 aliphatic rings. The van der Waals surface area contributed by atoms with Gasteiger partial charge in [0.1, 0.15) is 5.82 Å². The van der Waals surface area contributed by atoms with Crippen molar-refractivity contribution in [2.75, 3.05) is 6.54 Å². The fraction of sp³-hybridized carbons (Fsp3) is 0.333. The minimum atomic E-state index is -3.49. The van der Waals surface area contributed by atoms with Crippen molar-refractivity contribution in [2.24, 2.45) is 0 Å². The van der Waals surface area contributed by atoms with E-state index >= 15 is 0 Å². The first-order chi connectivity index (χ1) is 13.9. The average Bonchev–Trinajstić information content (AvgIpc) is 3.47. The Labute approximate surface area is 170 Å². The summed E-state index contributed by atoms with van der Waals surface area (Å²) in [6.07, 6.45) is 2.04. The predicted octanol–water partition coefficient (Wildman–Crippen LogP) is 2.34. The molecule has 0 amide bonds. The van der Waals surface area contributed by atoms with Gasteiger partial charge in [0.05, 0.1) is 18.0 Å². The summed E-state index contributed by atoms with van der Waals surface area (Å²) in [6, 6.07) is 16.8. The van der Waals surface area contributed by atoms with Crippen LogP contribution in [0.5, 0.6) is 0 Å². The molecule has 1 N–H and O–H groups in total. The topological polar surface area (TPSA) is 86.0 Å². The number of sulfonamides is 1. The van der Waals surface area contributed by atoms with Gasteiger partial charge in [-0.25, -0.2) is 27.2 Å². The second kappa shape index (κ2) is 7.96. The van der Waals surface area contributed by atoms with Gasteiger partial charge in [-0.1, -0.05) is 48.0 Å². The van der Waals surface area contributed by atoms with E-state index < -0.39 is 10.0 Å². The normalized spacial score (nSPS) is 14.2. The number of nitrogens with one attached hydrogen (secondary N) is 1. The van der Waals surface area contributed by atoms with Gasteiger partial charge in [-0.2, -0.15) is 5.10 Å². The average molecular weight is 413 g/mol. The molecule has 0 atom stereocenters. The zero-order valence-electron chi connectivity index (χ0n) is 16.3. The van der Waals surface area contributed by atoms with E-state index in [1.165, 1.54) is 4.68 Å². The summed E-state index contributed by atoms with van der Waals surface area (Å²) in [5.74, 6) is 0.959. The maximum atomic E-state index is 12.9. The number of para-hydroxylation sites is 1. The van der Waals surface area contributed by atoms with Crippen molar-refractivity contribution >= 4 is 10.0 Å². The summed E-state index contributed by atoms with van der Waals surface area (Å²) in [5, 5.41) is 4.50. The standard InChI is InChI=1S/C21H24N4O3S/c1-16-6-5-7-17(14-16)15-29(27,28)22-12-13-24-21(26)25(19-8-3-2-4-9-19)20(23-24)18-10-11-18/h2-9,14,18,22H,10-13,15H2,1H3. The lowest BCUT2D eigenvalue weighted by Crippen LogP contribution is -2.32. The minimum Gasteiger partial charge on any atom is -0.247 e. The molecular weight excluding hydrogens is 388 g/mol. The number of hydrogen-bond acceptors (Lipinski definition) is 4. The Kier molecular flexibility index (Phi) is 5.38. The van der Waals surface area contributed by atoms with Crippen LogP contribution in [0.2, 0.25) is 0 Å². The zero-order valence-corrected chi connectivity index (χ0v) is 17.1. The second-order valence-electron chi connectivity index (χ2n) is 7.45. The Morgan fingerprint density at radius 1 is 1.10 bits per heavy atom. The van der Waals surface area contributed by atoms with Gasteiger partial charge < -0.3 is 0 Å². The minimum absolute atomic E-state index is 0.0879. The lowest BCUT2D eigenvalue weighted by atomic mass is 10.2. The van der Waals surface area contributed by atoms with Crippen molar-refractivity contribution in [3.63, 3.8) is 0 Å². The molecule has 1 fully saturated rings. The molecule has 7 nitrogen and oxygen atoms in total. The Morgan fingerprint density at radius 2 is 1.86 bits per heavy atom. The maximum Gasteiger partial charge on any atom is 0.350 e. The van der Waals surface area contributed by atoms with E-state index in [1.54, 1.807) is 10.6 Å². The lowest BCUT2D eigenvalue weighted by molar-refractivity contribution is 0.550. The van der Waals surface area contributed by atoms with E-state index in [0.717, 1.165) is 35.5 Å². The van der Waals surface area contributed by atoms with E-state index in [1.807, 2.05) is 55.5 Å². The molecule has 1 aromatic heterocycles. The molecule has 1 heterocycles. The molecule has 0 saturated heterocycles. The highest BCUT2D eigenvalue weighted by molar-refractivity contribution is 7.88. The fourth-order valence-corrected chi connectivity index (χ4v) is 4.50. The highest BCUT2D eigenvalue weighted by Crippen LogP contribution is 2.39. The summed E-state index contributed by atoms with van der Waals surface area (Å²) >= 11 is 0. The molecule has 0 bridgehead atoms. The van der Waals surface area contributed by atoms with Gasteiger partial charge in [0.25, 0.3) is 0 Å². The third-order valence-electron chi connectivity index (χ3n) is 4.91. The largest absolute Gasteiger partial charge is 0.350 e. The summed E-state index contributed by atoms with van der Waals surface area (Å²) in [7, 11) is -3.49. The number of hydrogen-bond donors (Lipinski definition) is 1. The van der Waals surface area contributed by atoms with Crippen molar-refractivity contribution in [1.82, 2.24) is 19.1 Å². The molecular formula is C21H24N4O3S. The fourth-order valence-electron chi connectivity index (χ4n) is 3.38. The Hall–Kier alpha value is -2.71. The number of benzene rings is 2. The Morgan fingerprint density at radius 3 is 2.55 bits per heavy atom. The number of nitrogens with zero attached hydrogens (tertiary/aromatic N) is 3. The summed E-state index contributed by atoms with van der Waals surface area (Å²) in [6.45, 7) is 2.23. The summed E-state index contributed by atoms with van der Waals surface area (Å²) < 4.78 is 30.3. The van der Waals surface area contributed by atoms with E-state index in [-0.39, 0.29) is 24.5 Å². The molecule has 8 heteroatoms. The Balaban J connectivity index is 1.47. The first-order valence-corrected chi connectivity index (χ1v) is 11.4. The predicted molar refractivity (Wildman–Crippen MR) is 112 cm³/mol. The van der Waals surface area contributed by atoms with Crippen molar-refractivity contribution in [3.05, 3.63) is 82.0 Å². The third-order valence-corrected chi connectivity index (χ3v) is 6.26. The first kappa shape index (κ1) is 19.6. The van der Waals surface area contributed by atoms with Gasteiger partial charge in [-0.15, -0.1) is 0 Å². The number of aryl methyl sites for hydroxylation is 1. The van der Waals surface area contributed by atoms with Gasteiger partial charge in [-0.05, 0) is 37.5 Å². The van der Waals surface area contributed by atoms with Crippen LogP contribution in [0.4, 0.5) is 0 Å². The van der Waals surface area contributed by atoms with Gasteiger partial charge in [0.15, 0.2) is 0 Å². The molecule has 1 saturated carbocycles. The van der Waals surface area contributed by atoms with E-state index in [9.17, 15) is 13.2 Å². The molecule has 152 valence electrons. The molecule has 3 aromatic rings. The summed E-state index contributed by atoms with van der Waals surface area (Å²) in [4.78, 5) is 12.9. The maximum absolute atomic E-state index is 12.9. The molecule has 1 aliphatic carbocycles. The van der Waals surface area contributed by atoms with Crippen LogP contribution in [-0.2, 0) is 22.3 Å². The highest BCUT2D eigenvalue weighted by Gasteiger charge is 2.31. The molecule has 29 heavy (non-hydrogen) atoms. The van der Waals surface area contributed by atoms with Crippen molar-refractivity contribution < 1.29 is 8.42 Å². The van der Waals surface area contributed by atoms with E-state index in [0.29, 0.717) is 5.92 Å². The highest BCUT2D eigenvalue weighted by atomic mass is 32.2. The van der Waals surface area contributed by atoms with Crippen LogP contribution < -0.4 is 10.4 Å². The quantitative estimate of drug-likeness (QED) is 0.615. The van der Waals surface area contributed by atoms with Crippen LogP contribution in [0, 0.1) is 6.92 Å². The lowest BCUT2D eigenvalue weighted by Gasteiger charge is -2.07. The van der Waals surface area contributed by atoms with Crippen molar-refractivity contribution in [3.8, 4) is 5.69 Å².